The van der Waals surface area contributed by atoms with Crippen molar-refractivity contribution >= 4 is 43.8 Å². The summed E-state index contributed by atoms with van der Waals surface area (Å²) in [6.45, 7) is 0. The first-order valence-corrected chi connectivity index (χ1v) is 6.64. The molecule has 0 fully saturated rings. The zero-order chi connectivity index (χ0) is 12.7. The van der Waals surface area contributed by atoms with Gasteiger partial charge in [0.25, 0.3) is 0 Å². The lowest BCUT2D eigenvalue weighted by molar-refractivity contribution is 0.421. The van der Waals surface area contributed by atoms with Gasteiger partial charge >= 0.3 is 0 Å². The minimum absolute atomic E-state index is 0.0150. The molecule has 3 rings (SSSR count). The molecule has 0 atom stereocenters. The molecule has 90 valence electrons. The molecule has 0 aliphatic heterocycles. The lowest BCUT2D eigenvalue weighted by Gasteiger charge is -1.97. The van der Waals surface area contributed by atoms with E-state index >= 15 is 0 Å². The van der Waals surface area contributed by atoms with E-state index in [1.807, 2.05) is 17.5 Å². The Labute approximate surface area is 112 Å². The van der Waals surface area contributed by atoms with Gasteiger partial charge in [0.15, 0.2) is 5.43 Å². The van der Waals surface area contributed by atoms with Crippen molar-refractivity contribution in [2.24, 2.45) is 0 Å². The summed E-state index contributed by atoms with van der Waals surface area (Å²) in [5, 5.41) is 4.66. The molecule has 0 saturated heterocycles. The number of methoxy groups -OCH3 is 1. The fraction of sp³-hybridized carbons (Fsp3) is 0.0714. The first-order chi connectivity index (χ1) is 8.70. The van der Waals surface area contributed by atoms with Crippen LogP contribution in [0.1, 0.15) is 0 Å². The third-order valence-electron chi connectivity index (χ3n) is 2.90. The highest BCUT2D eigenvalue weighted by atomic mass is 35.5. The maximum atomic E-state index is 12.4. The highest BCUT2D eigenvalue weighted by molar-refractivity contribution is 7.17. The van der Waals surface area contributed by atoms with E-state index in [4.69, 9.17) is 16.3 Å². The van der Waals surface area contributed by atoms with Crippen LogP contribution in [0.5, 0.6) is 5.75 Å². The molecule has 0 aliphatic rings. The second-order valence-corrected chi connectivity index (χ2v) is 5.29. The summed E-state index contributed by atoms with van der Waals surface area (Å²) in [5.74, 6) is 0.703. The lowest BCUT2D eigenvalue weighted by Crippen LogP contribution is -1.96. The fourth-order valence-electron chi connectivity index (χ4n) is 2.04. The van der Waals surface area contributed by atoms with E-state index in [1.165, 1.54) is 11.3 Å². The molecule has 2 nitrogen and oxygen atoms in total. The predicted molar refractivity (Wildman–Crippen MR) is 77.2 cm³/mol. The van der Waals surface area contributed by atoms with Crippen molar-refractivity contribution in [3.63, 3.8) is 0 Å². The van der Waals surface area contributed by atoms with Gasteiger partial charge in [-0.05, 0) is 41.1 Å². The van der Waals surface area contributed by atoms with Crippen LogP contribution in [-0.2, 0) is 0 Å². The van der Waals surface area contributed by atoms with Crippen molar-refractivity contribution in [3.05, 3.63) is 51.0 Å². The van der Waals surface area contributed by atoms with Crippen LogP contribution in [0.4, 0.5) is 0 Å². The summed E-state index contributed by atoms with van der Waals surface area (Å²) in [5.41, 5.74) is 0.0150. The molecule has 4 heteroatoms. The number of thiophene rings is 1. The molecule has 2 aromatic carbocycles. The Kier molecular flexibility index (Phi) is 2.73. The van der Waals surface area contributed by atoms with Crippen molar-refractivity contribution in [3.8, 4) is 5.75 Å². The van der Waals surface area contributed by atoms with Crippen molar-refractivity contribution in [2.75, 3.05) is 7.11 Å². The van der Waals surface area contributed by atoms with Gasteiger partial charge in [0.2, 0.25) is 0 Å². The average Bonchev–Trinajstić information content (AvgIpc) is 2.80. The highest BCUT2D eigenvalue weighted by Crippen LogP contribution is 2.30. The van der Waals surface area contributed by atoms with Crippen LogP contribution in [-0.4, -0.2) is 7.11 Å². The molecule has 1 aromatic heterocycles. The number of ether oxygens (including phenoxy) is 1. The van der Waals surface area contributed by atoms with Crippen LogP contribution in [0, 0.1) is 0 Å². The van der Waals surface area contributed by atoms with Gasteiger partial charge in [-0.15, -0.1) is 11.3 Å². The molecule has 18 heavy (non-hydrogen) atoms. The van der Waals surface area contributed by atoms with Crippen molar-refractivity contribution in [2.45, 2.75) is 0 Å². The Hall–Kier alpha value is -1.58. The van der Waals surface area contributed by atoms with E-state index in [9.17, 15) is 4.79 Å². The summed E-state index contributed by atoms with van der Waals surface area (Å²) < 4.78 is 6.25. The van der Waals surface area contributed by atoms with Gasteiger partial charge in [-0.2, -0.15) is 0 Å². The second kappa shape index (κ2) is 4.26. The Morgan fingerprint density at radius 3 is 2.78 bits per heavy atom. The fourth-order valence-corrected chi connectivity index (χ4v) is 3.11. The maximum absolute atomic E-state index is 12.4. The van der Waals surface area contributed by atoms with Crippen molar-refractivity contribution < 1.29 is 4.74 Å². The first kappa shape index (κ1) is 11.5. The number of fused-ring (bicyclic) bond motifs is 2. The Morgan fingerprint density at radius 2 is 2.00 bits per heavy atom. The van der Waals surface area contributed by atoms with Crippen molar-refractivity contribution in [1.29, 1.82) is 0 Å². The molecule has 3 aromatic rings. The van der Waals surface area contributed by atoms with Gasteiger partial charge in [0.05, 0.1) is 11.8 Å². The van der Waals surface area contributed by atoms with Gasteiger partial charge in [-0.1, -0.05) is 11.6 Å². The Morgan fingerprint density at radius 1 is 1.17 bits per heavy atom. The van der Waals surface area contributed by atoms with Crippen LogP contribution >= 0.6 is 22.9 Å². The molecule has 0 radical (unpaired) electrons. The number of halogens is 1. The Balaban J connectivity index is 2.64. The minimum Gasteiger partial charge on any atom is -0.495 e. The van der Waals surface area contributed by atoms with Crippen LogP contribution in [0.2, 0.25) is 5.02 Å². The number of hydrogen-bond donors (Lipinski definition) is 0. The summed E-state index contributed by atoms with van der Waals surface area (Å²) in [7, 11) is 1.61. The van der Waals surface area contributed by atoms with E-state index in [0.717, 1.165) is 10.1 Å². The molecule has 0 aliphatic carbocycles. The van der Waals surface area contributed by atoms with Crippen LogP contribution in [0.15, 0.2) is 40.5 Å². The van der Waals surface area contributed by atoms with E-state index in [1.54, 1.807) is 25.3 Å². The predicted octanol–water partition coefficient (Wildman–Crippen LogP) is 4.08. The van der Waals surface area contributed by atoms with E-state index in [2.05, 4.69) is 0 Å². The zero-order valence-electron chi connectivity index (χ0n) is 9.57. The second-order valence-electron chi connectivity index (χ2n) is 3.94. The smallest absolute Gasteiger partial charge is 0.195 e. The minimum atomic E-state index is 0.0150. The zero-order valence-corrected chi connectivity index (χ0v) is 11.1. The largest absolute Gasteiger partial charge is 0.495 e. The molecule has 0 N–H and O–H groups in total. The molecule has 0 spiro atoms. The Bertz CT molecular complexity index is 808. The van der Waals surface area contributed by atoms with Gasteiger partial charge in [0.1, 0.15) is 5.75 Å². The summed E-state index contributed by atoms with van der Waals surface area (Å²) in [4.78, 5) is 12.4. The monoisotopic (exact) mass is 276 g/mol. The molecular weight excluding hydrogens is 268 g/mol. The summed E-state index contributed by atoms with van der Waals surface area (Å²) >= 11 is 7.48. The highest BCUT2D eigenvalue weighted by Gasteiger charge is 2.09. The van der Waals surface area contributed by atoms with E-state index in [0.29, 0.717) is 21.5 Å². The summed E-state index contributed by atoms with van der Waals surface area (Å²) in [6.07, 6.45) is 0. The topological polar surface area (TPSA) is 26.3 Å². The standard InChI is InChI=1S/C14H9ClO2S/c1-17-12-7-8-6-9(15)2-3-10(8)13(16)11-4-5-18-14(11)12/h2-7H,1H3. The average molecular weight is 277 g/mol. The molecule has 0 amide bonds. The van der Waals surface area contributed by atoms with E-state index in [-0.39, 0.29) is 5.43 Å². The normalized spacial score (nSPS) is 11.0. The molecule has 0 bridgehead atoms. The quantitative estimate of drug-likeness (QED) is 0.669. The molecule has 0 unspecified atom stereocenters. The third kappa shape index (κ3) is 1.67. The molecule has 0 saturated carbocycles. The third-order valence-corrected chi connectivity index (χ3v) is 4.06. The van der Waals surface area contributed by atoms with E-state index < -0.39 is 0 Å². The van der Waals surface area contributed by atoms with Gasteiger partial charge in [0, 0.05) is 15.8 Å². The van der Waals surface area contributed by atoms with Gasteiger partial charge in [-0.3, -0.25) is 4.79 Å². The molecule has 1 heterocycles. The lowest BCUT2D eigenvalue weighted by atomic mass is 10.2. The number of benzene rings is 1. The van der Waals surface area contributed by atoms with Crippen LogP contribution in [0.25, 0.3) is 20.9 Å². The van der Waals surface area contributed by atoms with Gasteiger partial charge in [-0.25, -0.2) is 0 Å². The van der Waals surface area contributed by atoms with Crippen LogP contribution in [0.3, 0.4) is 0 Å². The molecular formula is C14H9ClO2S. The summed E-state index contributed by atoms with van der Waals surface area (Å²) in [6, 6.07) is 8.97. The van der Waals surface area contributed by atoms with Crippen molar-refractivity contribution in [1.82, 2.24) is 0 Å². The maximum Gasteiger partial charge on any atom is 0.195 e. The van der Waals surface area contributed by atoms with Gasteiger partial charge < -0.3 is 4.74 Å². The SMILES string of the molecule is COc1cc2cc(Cl)ccc2c(=O)c2ccsc12. The van der Waals surface area contributed by atoms with Crippen LogP contribution < -0.4 is 10.2 Å². The number of rotatable bonds is 1. The first-order valence-electron chi connectivity index (χ1n) is 5.38. The number of hydrogen-bond acceptors (Lipinski definition) is 3.